The SMILES string of the molecule is O=c1oc2ccc([N+](=O)[O-])cc2cc1S(=O)(=O)c1ccc(Br)cc1. The summed E-state index contributed by atoms with van der Waals surface area (Å²) in [7, 11) is -4.11. The van der Waals surface area contributed by atoms with Crippen LogP contribution in [0.15, 0.2) is 72.0 Å². The molecule has 0 saturated carbocycles. The highest BCUT2D eigenvalue weighted by atomic mass is 79.9. The molecule has 0 aliphatic rings. The lowest BCUT2D eigenvalue weighted by Gasteiger charge is -2.05. The summed E-state index contributed by atoms with van der Waals surface area (Å²) in [5.74, 6) is 0. The number of fused-ring (bicyclic) bond motifs is 1. The lowest BCUT2D eigenvalue weighted by Crippen LogP contribution is -2.14. The fraction of sp³-hybridized carbons (Fsp3) is 0. The van der Waals surface area contributed by atoms with E-state index in [-0.39, 0.29) is 21.6 Å². The predicted octanol–water partition coefficient (Wildman–Crippen LogP) is 3.30. The average molecular weight is 410 g/mol. The lowest BCUT2D eigenvalue weighted by atomic mass is 10.2. The molecule has 24 heavy (non-hydrogen) atoms. The van der Waals surface area contributed by atoms with E-state index < -0.39 is 25.3 Å². The molecule has 0 unspecified atom stereocenters. The van der Waals surface area contributed by atoms with E-state index >= 15 is 0 Å². The van der Waals surface area contributed by atoms with E-state index in [4.69, 9.17) is 4.42 Å². The molecule has 2 aromatic carbocycles. The van der Waals surface area contributed by atoms with Gasteiger partial charge >= 0.3 is 5.63 Å². The number of sulfone groups is 1. The van der Waals surface area contributed by atoms with E-state index in [0.29, 0.717) is 4.47 Å². The molecule has 0 amide bonds. The number of nitro groups is 1. The fourth-order valence-corrected chi connectivity index (χ4v) is 3.69. The van der Waals surface area contributed by atoms with E-state index in [0.717, 1.165) is 12.1 Å². The van der Waals surface area contributed by atoms with Crippen LogP contribution >= 0.6 is 15.9 Å². The van der Waals surface area contributed by atoms with Gasteiger partial charge in [-0.15, -0.1) is 0 Å². The second-order valence-electron chi connectivity index (χ2n) is 4.83. The first-order chi connectivity index (χ1) is 11.3. The van der Waals surface area contributed by atoms with Crippen LogP contribution < -0.4 is 5.63 Å². The Kier molecular flexibility index (Phi) is 3.98. The van der Waals surface area contributed by atoms with Gasteiger partial charge in [0.1, 0.15) is 5.58 Å². The van der Waals surface area contributed by atoms with Crippen LogP contribution in [-0.2, 0) is 9.84 Å². The number of benzene rings is 2. The number of nitrogens with zero attached hydrogens (tertiary/aromatic N) is 1. The first-order valence-corrected chi connectivity index (χ1v) is 8.79. The molecule has 0 aliphatic carbocycles. The minimum absolute atomic E-state index is 0.0698. The Balaban J connectivity index is 2.24. The van der Waals surface area contributed by atoms with Gasteiger partial charge in [-0.3, -0.25) is 10.1 Å². The number of nitro benzene ring substituents is 1. The fourth-order valence-electron chi connectivity index (χ4n) is 2.13. The van der Waals surface area contributed by atoms with Gasteiger partial charge in [-0.1, -0.05) is 15.9 Å². The van der Waals surface area contributed by atoms with E-state index in [2.05, 4.69) is 15.9 Å². The van der Waals surface area contributed by atoms with Gasteiger partial charge in [0.25, 0.3) is 5.69 Å². The van der Waals surface area contributed by atoms with Crippen molar-refractivity contribution < 1.29 is 17.8 Å². The van der Waals surface area contributed by atoms with E-state index in [1.54, 1.807) is 0 Å². The van der Waals surface area contributed by atoms with Crippen LogP contribution in [0.4, 0.5) is 5.69 Å². The molecule has 3 rings (SSSR count). The first kappa shape index (κ1) is 16.3. The third-order valence-corrected chi connectivity index (χ3v) is 5.59. The van der Waals surface area contributed by atoms with Gasteiger partial charge < -0.3 is 4.42 Å². The summed E-state index contributed by atoms with van der Waals surface area (Å²) in [6, 6.07) is 10.4. The molecular weight excluding hydrogens is 402 g/mol. The first-order valence-electron chi connectivity index (χ1n) is 6.52. The van der Waals surface area contributed by atoms with Gasteiger partial charge in [-0.05, 0) is 36.4 Å². The minimum atomic E-state index is -4.11. The topological polar surface area (TPSA) is 107 Å². The molecule has 9 heteroatoms. The Morgan fingerprint density at radius 1 is 1.04 bits per heavy atom. The zero-order chi connectivity index (χ0) is 17.5. The zero-order valence-electron chi connectivity index (χ0n) is 11.8. The van der Waals surface area contributed by atoms with Crippen molar-refractivity contribution in [2.24, 2.45) is 0 Å². The zero-order valence-corrected chi connectivity index (χ0v) is 14.2. The Labute approximate surface area is 143 Å². The molecule has 122 valence electrons. The van der Waals surface area contributed by atoms with Crippen molar-refractivity contribution in [3.8, 4) is 0 Å². The molecule has 0 N–H and O–H groups in total. The highest BCUT2D eigenvalue weighted by Crippen LogP contribution is 2.25. The molecule has 0 bridgehead atoms. The van der Waals surface area contributed by atoms with Crippen molar-refractivity contribution in [1.29, 1.82) is 0 Å². The van der Waals surface area contributed by atoms with Gasteiger partial charge in [-0.25, -0.2) is 13.2 Å². The molecule has 0 fully saturated rings. The van der Waals surface area contributed by atoms with Crippen LogP contribution in [0.5, 0.6) is 0 Å². The van der Waals surface area contributed by atoms with Crippen LogP contribution in [0, 0.1) is 10.1 Å². The van der Waals surface area contributed by atoms with Gasteiger partial charge in [0.15, 0.2) is 4.90 Å². The molecule has 0 spiro atoms. The maximum Gasteiger partial charge on any atom is 0.355 e. The second kappa shape index (κ2) is 5.84. The van der Waals surface area contributed by atoms with Crippen LogP contribution in [0.25, 0.3) is 11.0 Å². The smallest absolute Gasteiger partial charge is 0.355 e. The predicted molar refractivity (Wildman–Crippen MR) is 88.7 cm³/mol. The summed E-state index contributed by atoms with van der Waals surface area (Å²) < 4.78 is 30.9. The molecule has 0 radical (unpaired) electrons. The quantitative estimate of drug-likeness (QED) is 0.373. The summed E-state index contributed by atoms with van der Waals surface area (Å²) in [5.41, 5.74) is -1.19. The molecule has 1 aromatic heterocycles. The maximum absolute atomic E-state index is 12.6. The van der Waals surface area contributed by atoms with Crippen molar-refractivity contribution in [2.75, 3.05) is 0 Å². The Morgan fingerprint density at radius 3 is 2.33 bits per heavy atom. The Bertz CT molecular complexity index is 1120. The molecule has 0 atom stereocenters. The molecule has 3 aromatic rings. The molecule has 0 aliphatic heterocycles. The minimum Gasteiger partial charge on any atom is -0.422 e. The van der Waals surface area contributed by atoms with Crippen molar-refractivity contribution in [2.45, 2.75) is 9.79 Å². The van der Waals surface area contributed by atoms with Crippen molar-refractivity contribution in [1.82, 2.24) is 0 Å². The monoisotopic (exact) mass is 409 g/mol. The van der Waals surface area contributed by atoms with Gasteiger partial charge in [0.2, 0.25) is 9.84 Å². The number of hydrogen-bond acceptors (Lipinski definition) is 6. The Morgan fingerprint density at radius 2 is 1.71 bits per heavy atom. The summed E-state index contributed by atoms with van der Waals surface area (Å²) in [5, 5.41) is 11.0. The second-order valence-corrected chi connectivity index (χ2v) is 7.67. The number of hydrogen-bond donors (Lipinski definition) is 0. The van der Waals surface area contributed by atoms with E-state index in [1.165, 1.54) is 36.4 Å². The van der Waals surface area contributed by atoms with Crippen LogP contribution in [-0.4, -0.2) is 13.3 Å². The third-order valence-electron chi connectivity index (χ3n) is 3.31. The van der Waals surface area contributed by atoms with Crippen LogP contribution in [0.3, 0.4) is 0 Å². The van der Waals surface area contributed by atoms with Crippen LogP contribution in [0.2, 0.25) is 0 Å². The number of non-ortho nitro benzene ring substituents is 1. The van der Waals surface area contributed by atoms with Gasteiger partial charge in [-0.2, -0.15) is 0 Å². The summed E-state index contributed by atoms with van der Waals surface area (Å²) in [6.45, 7) is 0. The molecule has 1 heterocycles. The van der Waals surface area contributed by atoms with E-state index in [1.807, 2.05) is 0 Å². The van der Waals surface area contributed by atoms with Crippen molar-refractivity contribution in [3.63, 3.8) is 0 Å². The van der Waals surface area contributed by atoms with Crippen LogP contribution in [0.1, 0.15) is 0 Å². The largest absolute Gasteiger partial charge is 0.422 e. The highest BCUT2D eigenvalue weighted by molar-refractivity contribution is 9.10. The summed E-state index contributed by atoms with van der Waals surface area (Å²) in [6.07, 6.45) is 0. The Hall–Kier alpha value is -2.52. The molecule has 7 nitrogen and oxygen atoms in total. The van der Waals surface area contributed by atoms with Crippen molar-refractivity contribution in [3.05, 3.63) is 73.5 Å². The number of halogens is 1. The number of rotatable bonds is 3. The normalized spacial score (nSPS) is 11.5. The van der Waals surface area contributed by atoms with Crippen molar-refractivity contribution >= 4 is 42.4 Å². The highest BCUT2D eigenvalue weighted by Gasteiger charge is 2.23. The van der Waals surface area contributed by atoms with E-state index in [9.17, 15) is 23.3 Å². The van der Waals surface area contributed by atoms with Gasteiger partial charge in [0, 0.05) is 22.0 Å². The van der Waals surface area contributed by atoms with Gasteiger partial charge in [0.05, 0.1) is 9.82 Å². The summed E-state index contributed by atoms with van der Waals surface area (Å²) in [4.78, 5) is 21.6. The standard InChI is InChI=1S/C15H8BrNO6S/c16-10-1-4-12(5-2-10)24(21,22)14-8-9-7-11(17(19)20)3-6-13(9)23-15(14)18/h1-8H. The maximum atomic E-state index is 12.6. The third kappa shape index (κ3) is 2.83. The molecular formula is C15H8BrNO6S. The molecule has 0 saturated heterocycles. The average Bonchev–Trinajstić information content (AvgIpc) is 2.54. The lowest BCUT2D eigenvalue weighted by molar-refractivity contribution is -0.384. The summed E-state index contributed by atoms with van der Waals surface area (Å²) >= 11 is 3.20.